The molecule has 8 heteroatoms. The van der Waals surface area contributed by atoms with Gasteiger partial charge in [0.25, 0.3) is 0 Å². The van der Waals surface area contributed by atoms with E-state index in [1.807, 2.05) is 30.5 Å². The summed E-state index contributed by atoms with van der Waals surface area (Å²) in [7, 11) is 1.41. The number of esters is 1. The second-order valence-electron chi connectivity index (χ2n) is 6.48. The maximum atomic E-state index is 12.6. The van der Waals surface area contributed by atoms with Gasteiger partial charge in [-0.25, -0.2) is 14.8 Å². The summed E-state index contributed by atoms with van der Waals surface area (Å²) in [6.07, 6.45) is 8.06. The van der Waals surface area contributed by atoms with Gasteiger partial charge in [-0.2, -0.15) is 0 Å². The number of benzene rings is 1. The first kappa shape index (κ1) is 21.8. The highest BCUT2D eigenvalue weighted by Crippen LogP contribution is 2.38. The molecule has 0 bridgehead atoms. The molecule has 0 N–H and O–H groups in total. The number of nitrogens with zero attached hydrogens (tertiary/aromatic N) is 2. The zero-order valence-corrected chi connectivity index (χ0v) is 19.1. The molecule has 3 rings (SSSR count). The molecular formula is C20H23ClN2O2S3. The Balaban J connectivity index is 1.90. The molecule has 0 unspecified atom stereocenters. The highest BCUT2D eigenvalue weighted by molar-refractivity contribution is 8.00. The van der Waals surface area contributed by atoms with Crippen LogP contribution in [-0.2, 0) is 10.5 Å². The van der Waals surface area contributed by atoms with Crippen molar-refractivity contribution in [2.75, 3.05) is 13.4 Å². The van der Waals surface area contributed by atoms with Gasteiger partial charge in [-0.05, 0) is 36.8 Å². The van der Waals surface area contributed by atoms with Gasteiger partial charge in [-0.15, -0.1) is 23.5 Å². The Labute approximate surface area is 184 Å². The minimum Gasteiger partial charge on any atom is -0.465 e. The Morgan fingerprint density at radius 2 is 1.82 bits per heavy atom. The van der Waals surface area contributed by atoms with Crippen LogP contribution in [0.3, 0.4) is 0 Å². The van der Waals surface area contributed by atoms with Gasteiger partial charge < -0.3 is 4.74 Å². The van der Waals surface area contributed by atoms with Crippen molar-refractivity contribution < 1.29 is 9.53 Å². The summed E-state index contributed by atoms with van der Waals surface area (Å²) in [4.78, 5) is 21.9. The lowest BCUT2D eigenvalue weighted by molar-refractivity contribution is 0.0590. The van der Waals surface area contributed by atoms with Crippen LogP contribution in [0.1, 0.15) is 48.0 Å². The number of methoxy groups -OCH3 is 1. The van der Waals surface area contributed by atoms with Crippen LogP contribution in [0.4, 0.5) is 0 Å². The number of hydrogen-bond donors (Lipinski definition) is 0. The van der Waals surface area contributed by atoms with E-state index in [1.165, 1.54) is 49.9 Å². The van der Waals surface area contributed by atoms with Crippen LogP contribution in [0.2, 0.25) is 5.02 Å². The first-order chi connectivity index (χ1) is 13.6. The molecule has 1 aromatic heterocycles. The molecule has 0 amide bonds. The largest absolute Gasteiger partial charge is 0.465 e. The first-order valence-electron chi connectivity index (χ1n) is 9.19. The van der Waals surface area contributed by atoms with Crippen molar-refractivity contribution >= 4 is 52.9 Å². The molecule has 2 aromatic rings. The maximum Gasteiger partial charge on any atom is 0.343 e. The zero-order chi connectivity index (χ0) is 19.9. The summed E-state index contributed by atoms with van der Waals surface area (Å²) in [5, 5.41) is 3.32. The normalized spacial score (nSPS) is 14.8. The monoisotopic (exact) mass is 454 g/mol. The molecule has 0 aliphatic heterocycles. The van der Waals surface area contributed by atoms with Gasteiger partial charge >= 0.3 is 5.97 Å². The molecule has 1 aromatic carbocycles. The van der Waals surface area contributed by atoms with Crippen LogP contribution in [0.15, 0.2) is 39.5 Å². The molecule has 1 aliphatic carbocycles. The number of ether oxygens (including phenoxy) is 1. The van der Waals surface area contributed by atoms with Gasteiger partial charge in [-0.1, -0.05) is 54.8 Å². The van der Waals surface area contributed by atoms with Crippen LogP contribution in [0, 0.1) is 0 Å². The van der Waals surface area contributed by atoms with Gasteiger partial charge in [0.1, 0.15) is 15.6 Å². The number of halogens is 1. The molecule has 1 fully saturated rings. The van der Waals surface area contributed by atoms with E-state index in [0.29, 0.717) is 31.8 Å². The average molecular weight is 455 g/mol. The topological polar surface area (TPSA) is 52.1 Å². The Morgan fingerprint density at radius 1 is 1.14 bits per heavy atom. The third-order valence-electron chi connectivity index (χ3n) is 4.51. The minimum absolute atomic E-state index is 0.371. The SMILES string of the molecule is COC(=O)c1c(SCc2ccc(Cl)cc2)nc(SC)nc1SC1CCCCC1. The van der Waals surface area contributed by atoms with E-state index < -0.39 is 0 Å². The average Bonchev–Trinajstić information content (AvgIpc) is 2.73. The number of hydrogen-bond acceptors (Lipinski definition) is 7. The summed E-state index contributed by atoms with van der Waals surface area (Å²) >= 11 is 10.7. The standard InChI is InChI=1S/C20H23ClN2O2S3/c1-25-19(24)16-17(27-12-13-8-10-14(21)11-9-13)22-20(26-2)23-18(16)28-15-6-4-3-5-7-15/h8-11,15H,3-7,12H2,1-2H3. The lowest BCUT2D eigenvalue weighted by Gasteiger charge is -2.22. The third kappa shape index (κ3) is 5.81. The maximum absolute atomic E-state index is 12.6. The van der Waals surface area contributed by atoms with E-state index in [0.717, 1.165) is 23.4 Å². The molecule has 1 aliphatic rings. The predicted octanol–water partition coefficient (Wildman–Crippen LogP) is 6.36. The number of carbonyl (C=O) groups is 1. The second kappa shape index (κ2) is 10.8. The van der Waals surface area contributed by atoms with Gasteiger partial charge in [0.15, 0.2) is 5.16 Å². The summed E-state index contributed by atoms with van der Waals surface area (Å²) in [6.45, 7) is 0. The van der Waals surface area contributed by atoms with Crippen molar-refractivity contribution in [3.8, 4) is 0 Å². The van der Waals surface area contributed by atoms with Crippen LogP contribution >= 0.6 is 46.9 Å². The van der Waals surface area contributed by atoms with E-state index in [1.54, 1.807) is 11.8 Å². The fraction of sp³-hybridized carbons (Fsp3) is 0.450. The Hall–Kier alpha value is -0.890. The predicted molar refractivity (Wildman–Crippen MR) is 119 cm³/mol. The lowest BCUT2D eigenvalue weighted by Crippen LogP contribution is -2.13. The molecule has 28 heavy (non-hydrogen) atoms. The van der Waals surface area contributed by atoms with Crippen molar-refractivity contribution in [1.29, 1.82) is 0 Å². The third-order valence-corrected chi connectivity index (χ3v) is 7.68. The van der Waals surface area contributed by atoms with Crippen molar-refractivity contribution in [3.63, 3.8) is 0 Å². The summed E-state index contributed by atoms with van der Waals surface area (Å²) in [5.41, 5.74) is 1.62. The molecule has 1 saturated carbocycles. The van der Waals surface area contributed by atoms with E-state index in [4.69, 9.17) is 16.3 Å². The fourth-order valence-corrected chi connectivity index (χ4v) is 6.00. The van der Waals surface area contributed by atoms with Gasteiger partial charge in [0, 0.05) is 16.0 Å². The highest BCUT2D eigenvalue weighted by atomic mass is 35.5. The highest BCUT2D eigenvalue weighted by Gasteiger charge is 2.25. The molecule has 4 nitrogen and oxygen atoms in total. The number of aromatic nitrogens is 2. The Bertz CT molecular complexity index is 812. The lowest BCUT2D eigenvalue weighted by atomic mass is 10.0. The van der Waals surface area contributed by atoms with Gasteiger partial charge in [-0.3, -0.25) is 0 Å². The van der Waals surface area contributed by atoms with Gasteiger partial charge in [0.05, 0.1) is 7.11 Å². The van der Waals surface area contributed by atoms with Crippen LogP contribution in [0.25, 0.3) is 0 Å². The van der Waals surface area contributed by atoms with Crippen LogP contribution in [0.5, 0.6) is 0 Å². The van der Waals surface area contributed by atoms with Crippen molar-refractivity contribution in [2.45, 2.75) is 58.3 Å². The van der Waals surface area contributed by atoms with Crippen molar-refractivity contribution in [3.05, 3.63) is 40.4 Å². The molecule has 0 spiro atoms. The number of rotatable bonds is 7. The molecule has 150 valence electrons. The fourth-order valence-electron chi connectivity index (χ4n) is 3.03. The second-order valence-corrected chi connectivity index (χ2v) is 9.94. The van der Waals surface area contributed by atoms with Crippen LogP contribution in [-0.4, -0.2) is 34.6 Å². The summed E-state index contributed by atoms with van der Waals surface area (Å²) < 4.78 is 5.08. The van der Waals surface area contributed by atoms with E-state index in [-0.39, 0.29) is 5.97 Å². The molecule has 0 radical (unpaired) electrons. The van der Waals surface area contributed by atoms with Crippen molar-refractivity contribution in [2.24, 2.45) is 0 Å². The van der Waals surface area contributed by atoms with Crippen molar-refractivity contribution in [1.82, 2.24) is 9.97 Å². The van der Waals surface area contributed by atoms with E-state index >= 15 is 0 Å². The van der Waals surface area contributed by atoms with Gasteiger partial charge in [0.2, 0.25) is 0 Å². The molecular weight excluding hydrogens is 432 g/mol. The Kier molecular flexibility index (Phi) is 8.38. The summed E-state index contributed by atoms with van der Waals surface area (Å²) in [6, 6.07) is 7.72. The first-order valence-corrected chi connectivity index (χ1v) is 12.7. The summed E-state index contributed by atoms with van der Waals surface area (Å²) in [5.74, 6) is 0.323. The number of thioether (sulfide) groups is 3. The quantitative estimate of drug-likeness (QED) is 0.209. The smallest absolute Gasteiger partial charge is 0.343 e. The number of carbonyl (C=O) groups excluding carboxylic acids is 1. The van der Waals surface area contributed by atoms with Crippen LogP contribution < -0.4 is 0 Å². The van der Waals surface area contributed by atoms with E-state index in [2.05, 4.69) is 9.97 Å². The zero-order valence-electron chi connectivity index (χ0n) is 15.9. The molecule has 1 heterocycles. The molecule has 0 saturated heterocycles. The van der Waals surface area contributed by atoms with E-state index in [9.17, 15) is 4.79 Å². The minimum atomic E-state index is -0.371. The Morgan fingerprint density at radius 3 is 2.46 bits per heavy atom. The molecule has 0 atom stereocenters.